The standard InChI is InChI=1S/C22H27ClFN3O5S/c1-21(2,3)27-33(30,31)18-11-13(7-9-15(18)23)19(28)25-14-8-10-16(24)17(12-14)26-20(29)32-22(4,5)6/h7-12,27H,1-6H3,(H,25,28)(H,26,29). The van der Waals surface area contributed by atoms with E-state index in [1.54, 1.807) is 41.5 Å². The van der Waals surface area contributed by atoms with Crippen LogP contribution in [0.25, 0.3) is 0 Å². The van der Waals surface area contributed by atoms with Crippen LogP contribution < -0.4 is 15.4 Å². The average Bonchev–Trinajstić information content (AvgIpc) is 2.61. The average molecular weight is 500 g/mol. The number of sulfonamides is 1. The smallest absolute Gasteiger partial charge is 0.412 e. The van der Waals surface area contributed by atoms with Crippen LogP contribution in [-0.2, 0) is 14.8 Å². The Balaban J connectivity index is 2.26. The summed E-state index contributed by atoms with van der Waals surface area (Å²) in [6.45, 7) is 10.0. The van der Waals surface area contributed by atoms with Gasteiger partial charge in [-0.15, -0.1) is 0 Å². The fraction of sp³-hybridized carbons (Fsp3) is 0.364. The van der Waals surface area contributed by atoms with Crippen molar-refractivity contribution in [3.63, 3.8) is 0 Å². The van der Waals surface area contributed by atoms with Crippen molar-refractivity contribution >= 4 is 45.0 Å². The molecule has 0 atom stereocenters. The highest BCUT2D eigenvalue weighted by molar-refractivity contribution is 7.89. The maximum absolute atomic E-state index is 14.1. The monoisotopic (exact) mass is 499 g/mol. The Morgan fingerprint density at radius 1 is 0.970 bits per heavy atom. The first-order chi connectivity index (χ1) is 15.0. The summed E-state index contributed by atoms with van der Waals surface area (Å²) in [6.07, 6.45) is -0.858. The van der Waals surface area contributed by atoms with Gasteiger partial charge in [-0.25, -0.2) is 22.3 Å². The second-order valence-electron chi connectivity index (χ2n) is 9.28. The summed E-state index contributed by atoms with van der Waals surface area (Å²) in [5.74, 6) is -1.39. The summed E-state index contributed by atoms with van der Waals surface area (Å²) in [5.41, 5.74) is -1.55. The summed E-state index contributed by atoms with van der Waals surface area (Å²) in [6, 6.07) is 7.38. The molecule has 33 heavy (non-hydrogen) atoms. The first-order valence-electron chi connectivity index (χ1n) is 9.91. The minimum atomic E-state index is -3.99. The van der Waals surface area contributed by atoms with Gasteiger partial charge in [0.2, 0.25) is 10.0 Å². The van der Waals surface area contributed by atoms with Crippen molar-refractivity contribution in [3.8, 4) is 0 Å². The number of carbonyl (C=O) groups is 2. The molecule has 0 aliphatic carbocycles. The van der Waals surface area contributed by atoms with Crippen LogP contribution in [0.1, 0.15) is 51.9 Å². The quantitative estimate of drug-likeness (QED) is 0.526. The van der Waals surface area contributed by atoms with Crippen molar-refractivity contribution in [2.75, 3.05) is 10.6 Å². The Kier molecular flexibility index (Phi) is 7.78. The SMILES string of the molecule is CC(C)(C)NS(=O)(=O)c1cc(C(=O)Nc2ccc(F)c(NC(=O)OC(C)(C)C)c2)ccc1Cl. The number of anilines is 2. The largest absolute Gasteiger partial charge is 0.444 e. The van der Waals surface area contributed by atoms with Crippen molar-refractivity contribution < 1.29 is 27.1 Å². The highest BCUT2D eigenvalue weighted by Crippen LogP contribution is 2.25. The minimum absolute atomic E-state index is 0.0136. The lowest BCUT2D eigenvalue weighted by Crippen LogP contribution is -2.40. The van der Waals surface area contributed by atoms with E-state index in [4.69, 9.17) is 16.3 Å². The zero-order chi connectivity index (χ0) is 25.2. The van der Waals surface area contributed by atoms with Gasteiger partial charge >= 0.3 is 6.09 Å². The third-order valence-corrected chi connectivity index (χ3v) is 6.02. The predicted octanol–water partition coefficient (Wildman–Crippen LogP) is 5.16. The van der Waals surface area contributed by atoms with E-state index in [1.807, 2.05) is 0 Å². The fourth-order valence-electron chi connectivity index (χ4n) is 2.62. The van der Waals surface area contributed by atoms with Crippen LogP contribution in [0.3, 0.4) is 0 Å². The molecule has 2 amide bonds. The van der Waals surface area contributed by atoms with Crippen molar-refractivity contribution in [1.29, 1.82) is 0 Å². The number of benzene rings is 2. The molecule has 0 spiro atoms. The number of carbonyl (C=O) groups excluding carboxylic acids is 2. The summed E-state index contributed by atoms with van der Waals surface area (Å²) in [5, 5.41) is 4.78. The Morgan fingerprint density at radius 2 is 1.61 bits per heavy atom. The molecule has 0 aromatic heterocycles. The van der Waals surface area contributed by atoms with E-state index in [1.165, 1.54) is 24.3 Å². The summed E-state index contributed by atoms with van der Waals surface area (Å²) in [4.78, 5) is 24.4. The molecule has 0 unspecified atom stereocenters. The van der Waals surface area contributed by atoms with Gasteiger partial charge in [0.1, 0.15) is 16.3 Å². The summed E-state index contributed by atoms with van der Waals surface area (Å²) in [7, 11) is -3.99. The zero-order valence-corrected chi connectivity index (χ0v) is 20.7. The molecule has 0 aliphatic rings. The Bertz CT molecular complexity index is 1170. The van der Waals surface area contributed by atoms with E-state index in [2.05, 4.69) is 15.4 Å². The maximum Gasteiger partial charge on any atom is 0.412 e. The number of hydrogen-bond acceptors (Lipinski definition) is 5. The van der Waals surface area contributed by atoms with Gasteiger partial charge in [-0.05, 0) is 77.9 Å². The van der Waals surface area contributed by atoms with E-state index in [-0.39, 0.29) is 26.9 Å². The second-order valence-corrected chi connectivity index (χ2v) is 11.3. The Hall–Kier alpha value is -2.69. The van der Waals surface area contributed by atoms with Crippen molar-refractivity contribution in [3.05, 3.63) is 52.8 Å². The molecule has 0 saturated carbocycles. The molecular formula is C22H27ClFN3O5S. The highest BCUT2D eigenvalue weighted by atomic mass is 35.5. The lowest BCUT2D eigenvalue weighted by atomic mass is 10.1. The van der Waals surface area contributed by atoms with Crippen LogP contribution in [0, 0.1) is 5.82 Å². The number of ether oxygens (including phenoxy) is 1. The van der Waals surface area contributed by atoms with Gasteiger partial charge in [0.25, 0.3) is 5.91 Å². The van der Waals surface area contributed by atoms with Crippen molar-refractivity contribution in [1.82, 2.24) is 4.72 Å². The first-order valence-corrected chi connectivity index (χ1v) is 11.8. The van der Waals surface area contributed by atoms with Gasteiger partial charge in [0.05, 0.1) is 10.7 Å². The molecular weight excluding hydrogens is 473 g/mol. The Labute approximate surface area is 197 Å². The number of hydrogen-bond donors (Lipinski definition) is 3. The molecule has 2 aromatic carbocycles. The van der Waals surface area contributed by atoms with Crippen LogP contribution in [0.5, 0.6) is 0 Å². The van der Waals surface area contributed by atoms with Crippen LogP contribution >= 0.6 is 11.6 Å². The molecule has 0 saturated heterocycles. The molecule has 2 aromatic rings. The van der Waals surface area contributed by atoms with E-state index in [0.29, 0.717) is 0 Å². The molecule has 180 valence electrons. The molecule has 0 aliphatic heterocycles. The van der Waals surface area contributed by atoms with Crippen LogP contribution in [0.2, 0.25) is 5.02 Å². The normalized spacial score (nSPS) is 12.2. The molecule has 0 fully saturated rings. The van der Waals surface area contributed by atoms with Crippen LogP contribution in [0.4, 0.5) is 20.6 Å². The second kappa shape index (κ2) is 9.66. The van der Waals surface area contributed by atoms with E-state index < -0.39 is 39.0 Å². The minimum Gasteiger partial charge on any atom is -0.444 e. The topological polar surface area (TPSA) is 114 Å². The summed E-state index contributed by atoms with van der Waals surface area (Å²) < 4.78 is 47.0. The van der Waals surface area contributed by atoms with Gasteiger partial charge in [0.15, 0.2) is 0 Å². The third-order valence-electron chi connectivity index (χ3n) is 3.78. The van der Waals surface area contributed by atoms with E-state index in [9.17, 15) is 22.4 Å². The Morgan fingerprint density at radius 3 is 2.18 bits per heavy atom. The zero-order valence-electron chi connectivity index (χ0n) is 19.2. The predicted molar refractivity (Wildman–Crippen MR) is 126 cm³/mol. The van der Waals surface area contributed by atoms with E-state index >= 15 is 0 Å². The van der Waals surface area contributed by atoms with Gasteiger partial charge in [-0.2, -0.15) is 0 Å². The van der Waals surface area contributed by atoms with Crippen molar-refractivity contribution in [2.45, 2.75) is 57.6 Å². The van der Waals surface area contributed by atoms with Crippen molar-refractivity contribution in [2.24, 2.45) is 0 Å². The first kappa shape index (κ1) is 26.6. The molecule has 0 heterocycles. The fourth-order valence-corrected chi connectivity index (χ4v) is 4.57. The lowest BCUT2D eigenvalue weighted by molar-refractivity contribution is 0.0635. The van der Waals surface area contributed by atoms with Crippen LogP contribution in [-0.4, -0.2) is 31.6 Å². The van der Waals surface area contributed by atoms with E-state index in [0.717, 1.165) is 12.1 Å². The van der Waals surface area contributed by atoms with Crippen LogP contribution in [0.15, 0.2) is 41.3 Å². The molecule has 0 bridgehead atoms. The highest BCUT2D eigenvalue weighted by Gasteiger charge is 2.25. The summed E-state index contributed by atoms with van der Waals surface area (Å²) >= 11 is 6.06. The third kappa shape index (κ3) is 7.99. The maximum atomic E-state index is 14.1. The molecule has 3 N–H and O–H groups in total. The molecule has 8 nitrogen and oxygen atoms in total. The number of halogens is 2. The van der Waals surface area contributed by atoms with Gasteiger partial charge in [-0.3, -0.25) is 10.1 Å². The molecule has 0 radical (unpaired) electrons. The van der Waals surface area contributed by atoms with Gasteiger partial charge < -0.3 is 10.1 Å². The molecule has 2 rings (SSSR count). The number of amides is 2. The lowest BCUT2D eigenvalue weighted by Gasteiger charge is -2.21. The number of rotatable bonds is 5. The number of nitrogens with one attached hydrogen (secondary N) is 3. The van der Waals surface area contributed by atoms with Gasteiger partial charge in [-0.1, -0.05) is 11.6 Å². The van der Waals surface area contributed by atoms with Gasteiger partial charge in [0, 0.05) is 16.8 Å². The molecule has 11 heteroatoms.